The molecule has 0 nitrogen and oxygen atoms in total. The molecule has 0 bridgehead atoms. The third-order valence-corrected chi connectivity index (χ3v) is 4.07. The minimum absolute atomic E-state index is 0.112. The van der Waals surface area contributed by atoms with Crippen molar-refractivity contribution in [2.45, 2.75) is 0 Å². The Morgan fingerprint density at radius 3 is 2.09 bits per heavy atom. The fraction of sp³-hybridized carbons (Fsp3) is 0. The molecular weight excluding hydrogens is 297 g/mol. The molecule has 112 valence electrons. The molecule has 0 unspecified atom stereocenters. The van der Waals surface area contributed by atoms with Crippen molar-refractivity contribution in [3.05, 3.63) is 84.2 Å². The Labute approximate surface area is 130 Å². The van der Waals surface area contributed by atoms with Gasteiger partial charge in [-0.3, -0.25) is 0 Å². The van der Waals surface area contributed by atoms with Gasteiger partial charge in [-0.15, -0.1) is 0 Å². The van der Waals surface area contributed by atoms with Gasteiger partial charge in [-0.25, -0.2) is 13.2 Å². The molecule has 0 N–H and O–H groups in total. The molecule has 0 radical (unpaired) electrons. The Hall–Kier alpha value is -2.81. The van der Waals surface area contributed by atoms with E-state index in [9.17, 15) is 13.2 Å². The topological polar surface area (TPSA) is 0 Å². The van der Waals surface area contributed by atoms with Gasteiger partial charge >= 0.3 is 0 Å². The highest BCUT2D eigenvalue weighted by atomic mass is 19.2. The van der Waals surface area contributed by atoms with E-state index in [0.717, 1.165) is 17.0 Å². The SMILES string of the molecule is Fc1cc2c(-c3ccccc3)cc3ccccc3c2c(F)c1F. The van der Waals surface area contributed by atoms with Gasteiger partial charge in [0.25, 0.3) is 0 Å². The van der Waals surface area contributed by atoms with Crippen molar-refractivity contribution in [1.29, 1.82) is 0 Å². The lowest BCUT2D eigenvalue weighted by molar-refractivity contribution is 0.454. The molecule has 0 aromatic heterocycles. The molecule has 0 aliphatic carbocycles. The minimum Gasteiger partial charge on any atom is -0.204 e. The normalized spacial score (nSPS) is 11.3. The first kappa shape index (κ1) is 13.8. The second kappa shape index (κ2) is 5.13. The van der Waals surface area contributed by atoms with Crippen LogP contribution in [0.15, 0.2) is 66.7 Å². The second-order valence-electron chi connectivity index (χ2n) is 5.42. The predicted molar refractivity (Wildman–Crippen MR) is 86.8 cm³/mol. The lowest BCUT2D eigenvalue weighted by Crippen LogP contribution is -1.95. The summed E-state index contributed by atoms with van der Waals surface area (Å²) in [6.07, 6.45) is 0. The Morgan fingerprint density at radius 1 is 0.609 bits per heavy atom. The average Bonchev–Trinajstić information content (AvgIpc) is 2.59. The molecular formula is C20H11F3. The summed E-state index contributed by atoms with van der Waals surface area (Å²) in [5.74, 6) is -3.76. The van der Waals surface area contributed by atoms with Crippen LogP contribution in [0.5, 0.6) is 0 Å². The summed E-state index contributed by atoms with van der Waals surface area (Å²) in [6.45, 7) is 0. The maximum absolute atomic E-state index is 14.5. The molecule has 4 rings (SSSR count). The van der Waals surface area contributed by atoms with Crippen LogP contribution in [0.3, 0.4) is 0 Å². The number of halogens is 3. The summed E-state index contributed by atoms with van der Waals surface area (Å²) in [6, 6.07) is 19.4. The Bertz CT molecular complexity index is 1040. The molecule has 0 amide bonds. The summed E-state index contributed by atoms with van der Waals surface area (Å²) in [5, 5.41) is 1.83. The van der Waals surface area contributed by atoms with Gasteiger partial charge in [-0.05, 0) is 39.4 Å². The molecule has 0 saturated heterocycles. The summed E-state index contributed by atoms with van der Waals surface area (Å²) in [7, 11) is 0. The summed E-state index contributed by atoms with van der Waals surface area (Å²) < 4.78 is 42.0. The maximum Gasteiger partial charge on any atom is 0.195 e. The van der Waals surface area contributed by atoms with Crippen LogP contribution < -0.4 is 0 Å². The molecule has 0 fully saturated rings. The van der Waals surface area contributed by atoms with Gasteiger partial charge in [-0.2, -0.15) is 0 Å². The third-order valence-electron chi connectivity index (χ3n) is 4.07. The van der Waals surface area contributed by atoms with Crippen LogP contribution in [0, 0.1) is 17.5 Å². The maximum atomic E-state index is 14.5. The molecule has 4 aromatic rings. The zero-order chi connectivity index (χ0) is 16.0. The molecule has 0 spiro atoms. The van der Waals surface area contributed by atoms with Gasteiger partial charge in [0.15, 0.2) is 17.5 Å². The minimum atomic E-state index is -1.44. The number of benzene rings is 4. The predicted octanol–water partition coefficient (Wildman–Crippen LogP) is 6.08. The Kier molecular flexibility index (Phi) is 3.08. The van der Waals surface area contributed by atoms with E-state index in [1.54, 1.807) is 12.1 Å². The van der Waals surface area contributed by atoms with Crippen LogP contribution in [-0.4, -0.2) is 0 Å². The molecule has 3 heteroatoms. The molecule has 0 aliphatic heterocycles. The highest BCUT2D eigenvalue weighted by Crippen LogP contribution is 2.37. The smallest absolute Gasteiger partial charge is 0.195 e. The van der Waals surface area contributed by atoms with E-state index in [1.807, 2.05) is 48.5 Å². The first-order valence-electron chi connectivity index (χ1n) is 7.21. The lowest BCUT2D eigenvalue weighted by Gasteiger charge is -2.12. The van der Waals surface area contributed by atoms with Crippen LogP contribution in [0.2, 0.25) is 0 Å². The first-order chi connectivity index (χ1) is 11.2. The van der Waals surface area contributed by atoms with E-state index in [0.29, 0.717) is 16.3 Å². The van der Waals surface area contributed by atoms with Crippen molar-refractivity contribution >= 4 is 21.5 Å². The van der Waals surface area contributed by atoms with E-state index in [1.165, 1.54) is 0 Å². The Morgan fingerprint density at radius 2 is 1.30 bits per heavy atom. The van der Waals surface area contributed by atoms with Gasteiger partial charge in [0.2, 0.25) is 0 Å². The van der Waals surface area contributed by atoms with Gasteiger partial charge in [-0.1, -0.05) is 54.6 Å². The zero-order valence-corrected chi connectivity index (χ0v) is 12.0. The zero-order valence-electron chi connectivity index (χ0n) is 12.0. The number of rotatable bonds is 1. The molecule has 23 heavy (non-hydrogen) atoms. The Balaban J connectivity index is 2.26. The molecule has 0 aliphatic rings. The van der Waals surface area contributed by atoms with Crippen molar-refractivity contribution in [1.82, 2.24) is 0 Å². The van der Waals surface area contributed by atoms with Crippen LogP contribution >= 0.6 is 0 Å². The monoisotopic (exact) mass is 308 g/mol. The highest BCUT2D eigenvalue weighted by Gasteiger charge is 2.18. The van der Waals surface area contributed by atoms with Crippen molar-refractivity contribution < 1.29 is 13.2 Å². The average molecular weight is 308 g/mol. The van der Waals surface area contributed by atoms with E-state index >= 15 is 0 Å². The summed E-state index contributed by atoms with van der Waals surface area (Å²) in [5.41, 5.74) is 1.51. The van der Waals surface area contributed by atoms with Gasteiger partial charge in [0, 0.05) is 5.39 Å². The van der Waals surface area contributed by atoms with Gasteiger partial charge in [0.05, 0.1) is 0 Å². The van der Waals surface area contributed by atoms with Gasteiger partial charge in [0.1, 0.15) is 0 Å². The van der Waals surface area contributed by atoms with Crippen molar-refractivity contribution in [2.75, 3.05) is 0 Å². The fourth-order valence-electron chi connectivity index (χ4n) is 3.01. The van der Waals surface area contributed by atoms with Crippen LogP contribution in [0.1, 0.15) is 0 Å². The van der Waals surface area contributed by atoms with E-state index < -0.39 is 17.5 Å². The van der Waals surface area contributed by atoms with E-state index in [2.05, 4.69) is 0 Å². The molecule has 0 saturated carbocycles. The van der Waals surface area contributed by atoms with Crippen molar-refractivity contribution in [2.24, 2.45) is 0 Å². The summed E-state index contributed by atoms with van der Waals surface area (Å²) >= 11 is 0. The standard InChI is InChI=1S/C20H11F3/c21-17-11-16-15(12-6-2-1-3-7-12)10-13-8-4-5-9-14(13)18(16)20(23)19(17)22/h1-11H. The molecule has 0 atom stereocenters. The number of fused-ring (bicyclic) bond motifs is 3. The number of hydrogen-bond donors (Lipinski definition) is 0. The van der Waals surface area contributed by atoms with Crippen molar-refractivity contribution in [3.63, 3.8) is 0 Å². The van der Waals surface area contributed by atoms with Gasteiger partial charge < -0.3 is 0 Å². The number of hydrogen-bond acceptors (Lipinski definition) is 0. The summed E-state index contributed by atoms with van der Waals surface area (Å²) in [4.78, 5) is 0. The van der Waals surface area contributed by atoms with Crippen molar-refractivity contribution in [3.8, 4) is 11.1 Å². The quantitative estimate of drug-likeness (QED) is 0.295. The second-order valence-corrected chi connectivity index (χ2v) is 5.42. The van der Waals surface area contributed by atoms with E-state index in [-0.39, 0.29) is 5.39 Å². The highest BCUT2D eigenvalue weighted by molar-refractivity contribution is 6.14. The molecule has 0 heterocycles. The lowest BCUT2D eigenvalue weighted by atomic mass is 9.93. The largest absolute Gasteiger partial charge is 0.204 e. The van der Waals surface area contributed by atoms with Crippen LogP contribution in [0.4, 0.5) is 13.2 Å². The van der Waals surface area contributed by atoms with Crippen LogP contribution in [-0.2, 0) is 0 Å². The van der Waals surface area contributed by atoms with Crippen LogP contribution in [0.25, 0.3) is 32.7 Å². The van der Waals surface area contributed by atoms with E-state index in [4.69, 9.17) is 0 Å². The molecule has 4 aromatic carbocycles. The first-order valence-corrected chi connectivity index (χ1v) is 7.21. The fourth-order valence-corrected chi connectivity index (χ4v) is 3.01. The third kappa shape index (κ3) is 2.08.